The minimum atomic E-state index is -0.311. The second-order valence-corrected chi connectivity index (χ2v) is 5.67. The Kier molecular flexibility index (Phi) is 4.03. The van der Waals surface area contributed by atoms with Crippen LogP contribution in [0.15, 0.2) is 24.3 Å². The zero-order valence-electron chi connectivity index (χ0n) is 12.0. The van der Waals surface area contributed by atoms with E-state index in [1.54, 1.807) is 0 Å². The van der Waals surface area contributed by atoms with Gasteiger partial charge in [-0.25, -0.2) is 0 Å². The second kappa shape index (κ2) is 5.94. The molecule has 0 bridgehead atoms. The van der Waals surface area contributed by atoms with Gasteiger partial charge in [0.25, 0.3) is 5.91 Å². The summed E-state index contributed by atoms with van der Waals surface area (Å²) in [5, 5.41) is 3.23. The van der Waals surface area contributed by atoms with E-state index in [4.69, 9.17) is 4.74 Å². The minimum Gasteiger partial charge on any atom is -0.366 e. The van der Waals surface area contributed by atoms with Gasteiger partial charge in [0, 0.05) is 19.6 Å². The Balaban J connectivity index is 1.76. The summed E-state index contributed by atoms with van der Waals surface area (Å²) in [6.45, 7) is 5.04. The molecule has 0 spiro atoms. The van der Waals surface area contributed by atoms with Crippen LogP contribution < -0.4 is 5.32 Å². The summed E-state index contributed by atoms with van der Waals surface area (Å²) in [4.78, 5) is 14.6. The Labute approximate surface area is 120 Å². The van der Waals surface area contributed by atoms with Crippen molar-refractivity contribution >= 4 is 5.91 Å². The van der Waals surface area contributed by atoms with E-state index in [2.05, 4.69) is 36.5 Å². The average Bonchev–Trinajstić information content (AvgIpc) is 2.97. The number of aryl methyl sites for hydroxylation is 1. The highest BCUT2D eigenvalue weighted by Gasteiger charge is 2.35. The summed E-state index contributed by atoms with van der Waals surface area (Å²) < 4.78 is 5.61. The molecule has 1 aromatic rings. The van der Waals surface area contributed by atoms with Crippen LogP contribution in [0.25, 0.3) is 0 Å². The first-order valence-corrected chi connectivity index (χ1v) is 7.45. The van der Waals surface area contributed by atoms with E-state index in [1.807, 2.05) is 4.90 Å². The molecule has 2 unspecified atom stereocenters. The molecule has 1 aromatic carbocycles. The van der Waals surface area contributed by atoms with Gasteiger partial charge in [-0.2, -0.15) is 0 Å². The van der Waals surface area contributed by atoms with Crippen LogP contribution in [0, 0.1) is 6.92 Å². The van der Waals surface area contributed by atoms with E-state index < -0.39 is 0 Å². The molecule has 2 fully saturated rings. The highest BCUT2D eigenvalue weighted by atomic mass is 16.5. The van der Waals surface area contributed by atoms with Crippen molar-refractivity contribution in [3.05, 3.63) is 35.4 Å². The molecule has 4 heteroatoms. The van der Waals surface area contributed by atoms with E-state index in [1.165, 1.54) is 11.1 Å². The van der Waals surface area contributed by atoms with Gasteiger partial charge in [0.15, 0.2) is 0 Å². The van der Waals surface area contributed by atoms with Crippen molar-refractivity contribution in [1.82, 2.24) is 10.2 Å². The molecule has 108 valence electrons. The number of likely N-dealkylation sites (tertiary alicyclic amines) is 1. The number of amides is 1. The number of carbonyl (C=O) groups is 1. The first-order valence-electron chi connectivity index (χ1n) is 7.45. The molecule has 0 radical (unpaired) electrons. The lowest BCUT2D eigenvalue weighted by atomic mass is 10.0. The Morgan fingerprint density at radius 2 is 2.35 bits per heavy atom. The first-order chi connectivity index (χ1) is 9.75. The minimum absolute atomic E-state index is 0.140. The maximum absolute atomic E-state index is 12.6. The topological polar surface area (TPSA) is 41.6 Å². The van der Waals surface area contributed by atoms with Crippen LogP contribution in [-0.2, 0) is 9.53 Å². The summed E-state index contributed by atoms with van der Waals surface area (Å²) >= 11 is 0. The molecule has 0 saturated carbocycles. The molecule has 0 aliphatic carbocycles. The summed E-state index contributed by atoms with van der Waals surface area (Å²) in [7, 11) is 0. The third kappa shape index (κ3) is 2.72. The van der Waals surface area contributed by atoms with Gasteiger partial charge < -0.3 is 15.0 Å². The van der Waals surface area contributed by atoms with Gasteiger partial charge in [-0.15, -0.1) is 0 Å². The molecule has 2 aliphatic rings. The summed E-state index contributed by atoms with van der Waals surface area (Å²) in [6, 6.07) is 8.70. The molecule has 20 heavy (non-hydrogen) atoms. The van der Waals surface area contributed by atoms with Gasteiger partial charge in [0.05, 0.1) is 12.6 Å². The predicted octanol–water partition coefficient (Wildman–Crippen LogP) is 1.65. The smallest absolute Gasteiger partial charge is 0.253 e. The molecule has 2 saturated heterocycles. The second-order valence-electron chi connectivity index (χ2n) is 5.67. The number of benzene rings is 1. The molecule has 2 atom stereocenters. The van der Waals surface area contributed by atoms with E-state index in [9.17, 15) is 4.79 Å². The van der Waals surface area contributed by atoms with Crippen LogP contribution in [0.2, 0.25) is 0 Å². The molecule has 1 amide bonds. The Morgan fingerprint density at radius 1 is 1.45 bits per heavy atom. The fourth-order valence-corrected chi connectivity index (χ4v) is 3.16. The SMILES string of the molecule is Cc1cccc(C2CCCN2C(=O)C2CNCCO2)c1. The number of hydrogen-bond acceptors (Lipinski definition) is 3. The van der Waals surface area contributed by atoms with Gasteiger partial charge in [0.1, 0.15) is 6.10 Å². The molecule has 4 nitrogen and oxygen atoms in total. The van der Waals surface area contributed by atoms with E-state index >= 15 is 0 Å². The lowest BCUT2D eigenvalue weighted by molar-refractivity contribution is -0.146. The molecule has 2 heterocycles. The zero-order valence-corrected chi connectivity index (χ0v) is 12.0. The number of hydrogen-bond donors (Lipinski definition) is 1. The quantitative estimate of drug-likeness (QED) is 0.891. The van der Waals surface area contributed by atoms with Crippen molar-refractivity contribution < 1.29 is 9.53 Å². The Hall–Kier alpha value is -1.39. The zero-order chi connectivity index (χ0) is 13.9. The first kappa shape index (κ1) is 13.6. The lowest BCUT2D eigenvalue weighted by Crippen LogP contribution is -2.49. The Morgan fingerprint density at radius 3 is 3.10 bits per heavy atom. The Bertz CT molecular complexity index is 483. The van der Waals surface area contributed by atoms with E-state index in [-0.39, 0.29) is 18.1 Å². The third-order valence-corrected chi connectivity index (χ3v) is 4.17. The number of ether oxygens (including phenoxy) is 1. The highest BCUT2D eigenvalue weighted by molar-refractivity contribution is 5.82. The van der Waals surface area contributed by atoms with Crippen molar-refractivity contribution in [3.63, 3.8) is 0 Å². The predicted molar refractivity (Wildman–Crippen MR) is 77.5 cm³/mol. The van der Waals surface area contributed by atoms with Crippen LogP contribution in [0.1, 0.15) is 30.0 Å². The fraction of sp³-hybridized carbons (Fsp3) is 0.562. The maximum Gasteiger partial charge on any atom is 0.253 e. The number of carbonyl (C=O) groups excluding carboxylic acids is 1. The largest absolute Gasteiger partial charge is 0.366 e. The normalized spacial score (nSPS) is 26.8. The van der Waals surface area contributed by atoms with Crippen LogP contribution in [-0.4, -0.2) is 43.2 Å². The van der Waals surface area contributed by atoms with Gasteiger partial charge in [-0.1, -0.05) is 29.8 Å². The highest BCUT2D eigenvalue weighted by Crippen LogP contribution is 2.33. The van der Waals surface area contributed by atoms with Gasteiger partial charge in [-0.3, -0.25) is 4.79 Å². The maximum atomic E-state index is 12.6. The number of nitrogens with zero attached hydrogens (tertiary/aromatic N) is 1. The molecule has 3 rings (SSSR count). The molecular formula is C16H22N2O2. The van der Waals surface area contributed by atoms with Crippen molar-refractivity contribution in [3.8, 4) is 0 Å². The summed E-state index contributed by atoms with van der Waals surface area (Å²) in [5.41, 5.74) is 2.50. The summed E-state index contributed by atoms with van der Waals surface area (Å²) in [6.07, 6.45) is 1.81. The van der Waals surface area contributed by atoms with Gasteiger partial charge in [-0.05, 0) is 25.3 Å². The monoisotopic (exact) mass is 274 g/mol. The third-order valence-electron chi connectivity index (χ3n) is 4.17. The van der Waals surface area contributed by atoms with Gasteiger partial charge >= 0.3 is 0 Å². The van der Waals surface area contributed by atoms with E-state index in [0.29, 0.717) is 13.2 Å². The van der Waals surface area contributed by atoms with Crippen molar-refractivity contribution in [1.29, 1.82) is 0 Å². The van der Waals surface area contributed by atoms with Crippen LogP contribution in [0.5, 0.6) is 0 Å². The van der Waals surface area contributed by atoms with Gasteiger partial charge in [0.2, 0.25) is 0 Å². The number of rotatable bonds is 2. The van der Waals surface area contributed by atoms with E-state index in [0.717, 1.165) is 25.9 Å². The standard InChI is InChI=1S/C16H22N2O2/c1-12-4-2-5-13(10-12)14-6-3-8-18(14)16(19)15-11-17-7-9-20-15/h2,4-5,10,14-15,17H,3,6-9,11H2,1H3. The van der Waals surface area contributed by atoms with Crippen molar-refractivity contribution in [2.24, 2.45) is 0 Å². The number of morpholine rings is 1. The van der Waals surface area contributed by atoms with Crippen LogP contribution in [0.4, 0.5) is 0 Å². The van der Waals surface area contributed by atoms with Crippen LogP contribution in [0.3, 0.4) is 0 Å². The lowest BCUT2D eigenvalue weighted by Gasteiger charge is -2.31. The summed E-state index contributed by atoms with van der Waals surface area (Å²) in [5.74, 6) is 0.140. The van der Waals surface area contributed by atoms with Crippen LogP contribution >= 0.6 is 0 Å². The molecule has 0 aromatic heterocycles. The van der Waals surface area contributed by atoms with Crippen molar-refractivity contribution in [2.45, 2.75) is 31.9 Å². The number of nitrogens with one attached hydrogen (secondary N) is 1. The molecule has 1 N–H and O–H groups in total. The molecular weight excluding hydrogens is 252 g/mol. The fourth-order valence-electron chi connectivity index (χ4n) is 3.16. The molecule has 2 aliphatic heterocycles. The average molecular weight is 274 g/mol. The van der Waals surface area contributed by atoms with Crippen molar-refractivity contribution in [2.75, 3.05) is 26.2 Å².